The number of nitrogens with zero attached hydrogens (tertiary/aromatic N) is 3. The largest absolute Gasteiger partial charge is 0.453 e. The fourth-order valence-electron chi connectivity index (χ4n) is 7.90. The average molecular weight is 751 g/mol. The number of alkyl carbamates (subject to hydrolysis) is 1. The molecule has 3 amide bonds. The van der Waals surface area contributed by atoms with Gasteiger partial charge >= 0.3 is 12.2 Å². The fourth-order valence-corrected chi connectivity index (χ4v) is 7.90. The Hall–Kier alpha value is -5.76. The molecule has 3 aliphatic rings. The molecule has 0 saturated carbocycles. The number of methoxy groups -OCH3 is 1. The summed E-state index contributed by atoms with van der Waals surface area (Å²) in [6.07, 6.45) is 3.52. The van der Waals surface area contributed by atoms with Crippen molar-refractivity contribution in [2.45, 2.75) is 88.6 Å². The summed E-state index contributed by atoms with van der Waals surface area (Å²) in [4.78, 5) is 73.7. The smallest absolute Gasteiger partial charge is 0.411 e. The van der Waals surface area contributed by atoms with Gasteiger partial charge in [0.2, 0.25) is 5.91 Å². The van der Waals surface area contributed by atoms with Crippen molar-refractivity contribution in [1.29, 1.82) is 0 Å². The molecule has 2 aliphatic heterocycles. The number of hydrogen-bond acceptors (Lipinski definition) is 9. The highest BCUT2D eigenvalue weighted by atomic mass is 16.6. The van der Waals surface area contributed by atoms with Gasteiger partial charge in [-0.2, -0.15) is 0 Å². The number of Topliss-reactive ketones (excluding diaryl/α,β-unsaturated/α-hetero) is 2. The highest BCUT2D eigenvalue weighted by Gasteiger charge is 2.42. The Morgan fingerprint density at radius 1 is 0.982 bits per heavy atom. The third-order valence-corrected chi connectivity index (χ3v) is 10.6. The molecule has 2 aromatic carbocycles. The number of rotatable bonds is 8. The van der Waals surface area contributed by atoms with Crippen LogP contribution in [0.5, 0.6) is 0 Å². The predicted octanol–water partition coefficient (Wildman–Crippen LogP) is 4.73. The Morgan fingerprint density at radius 2 is 1.67 bits per heavy atom. The van der Waals surface area contributed by atoms with Gasteiger partial charge in [0.05, 0.1) is 44.1 Å². The first-order chi connectivity index (χ1) is 26.3. The Morgan fingerprint density at radius 3 is 2.36 bits per heavy atom. The van der Waals surface area contributed by atoms with E-state index < -0.39 is 41.8 Å². The van der Waals surface area contributed by atoms with Gasteiger partial charge in [0.25, 0.3) is 0 Å². The van der Waals surface area contributed by atoms with Crippen LogP contribution in [0.25, 0.3) is 22.4 Å². The van der Waals surface area contributed by atoms with Crippen molar-refractivity contribution < 1.29 is 38.6 Å². The molecular weight excluding hydrogens is 704 g/mol. The standard InChI is InChI=1S/C41H46N6O8/c1-41(2,3)55-40(53)47-22-29(48)18-32(47)38(51)43-20-34(50)26-11-7-24(8-12-26)23-5-9-25(10-6-23)31-19-42-37(44-31)28-17-33(49)35-30(45-39(52)54-4)14-13-27-15-16-46(21-28)36(27)35/h5-12,15-16,19,28-30,32,35,48H,13-14,17-18,20-22H2,1-4H3,(H,42,44)(H,43,51)(H,45,52)/t28-,29-,30-,32-,35?/m0/s1. The van der Waals surface area contributed by atoms with Gasteiger partial charge in [-0.15, -0.1) is 0 Å². The van der Waals surface area contributed by atoms with Crippen LogP contribution in [0.3, 0.4) is 0 Å². The van der Waals surface area contributed by atoms with Crippen LogP contribution >= 0.6 is 0 Å². The Bertz CT molecular complexity index is 2100. The highest BCUT2D eigenvalue weighted by molar-refractivity contribution is 6.00. The number of ketones is 2. The number of β-amino-alcohol motifs (C(OH)–C–C–N with tert-alkyl or cyclic N) is 1. The van der Waals surface area contributed by atoms with E-state index in [4.69, 9.17) is 14.5 Å². The summed E-state index contributed by atoms with van der Waals surface area (Å²) in [5, 5.41) is 15.6. The van der Waals surface area contributed by atoms with E-state index in [1.807, 2.05) is 42.6 Å². The number of H-pyrrole nitrogens is 1. The SMILES string of the molecule is COC(=O)N[C@H]1CCc2ccn3c2C1C(=O)C[C@H](c1ncc(-c2ccc(-c4ccc(C(=O)CNC(=O)[C@@H]5C[C@H](O)CN5C(=O)OC(C)(C)C)cc4)cc2)[nH]1)C3. The third-order valence-electron chi connectivity index (χ3n) is 10.6. The number of aryl methyl sites for hydroxylation is 1. The van der Waals surface area contributed by atoms with Gasteiger partial charge in [-0.1, -0.05) is 48.5 Å². The minimum absolute atomic E-state index is 0.0219. The number of carbonyl (C=O) groups excluding carboxylic acids is 5. The third kappa shape index (κ3) is 8.04. The van der Waals surface area contributed by atoms with Gasteiger partial charge < -0.3 is 34.8 Å². The number of ether oxygens (including phenoxy) is 2. The fraction of sp³-hybridized carbons (Fsp3) is 0.415. The summed E-state index contributed by atoms with van der Waals surface area (Å²) in [6, 6.07) is 15.8. The Kier molecular flexibility index (Phi) is 10.4. The van der Waals surface area contributed by atoms with Crippen molar-refractivity contribution in [3.63, 3.8) is 0 Å². The lowest BCUT2D eigenvalue weighted by Crippen LogP contribution is -2.48. The summed E-state index contributed by atoms with van der Waals surface area (Å²) >= 11 is 0. The molecule has 4 heterocycles. The quantitative estimate of drug-likeness (QED) is 0.185. The van der Waals surface area contributed by atoms with E-state index in [9.17, 15) is 29.1 Å². The molecule has 2 aromatic heterocycles. The lowest BCUT2D eigenvalue weighted by atomic mass is 9.79. The average Bonchev–Trinajstić information content (AvgIpc) is 3.90. The second-order valence-electron chi connectivity index (χ2n) is 15.5. The highest BCUT2D eigenvalue weighted by Crippen LogP contribution is 2.40. The molecule has 0 bridgehead atoms. The van der Waals surface area contributed by atoms with Crippen molar-refractivity contribution in [3.8, 4) is 22.4 Å². The van der Waals surface area contributed by atoms with Gasteiger partial charge in [-0.05, 0) is 61.9 Å². The molecule has 1 unspecified atom stereocenters. The van der Waals surface area contributed by atoms with E-state index in [0.29, 0.717) is 24.9 Å². The summed E-state index contributed by atoms with van der Waals surface area (Å²) in [7, 11) is 1.32. The van der Waals surface area contributed by atoms with Gasteiger partial charge in [0, 0.05) is 48.8 Å². The maximum absolute atomic E-state index is 13.7. The molecule has 14 heteroatoms. The maximum atomic E-state index is 13.7. The number of likely N-dealkylation sites (tertiary alicyclic amines) is 1. The van der Waals surface area contributed by atoms with Crippen molar-refractivity contribution in [1.82, 2.24) is 30.1 Å². The second kappa shape index (κ2) is 15.2. The summed E-state index contributed by atoms with van der Waals surface area (Å²) in [5.41, 5.74) is 5.36. The minimum atomic E-state index is -0.934. The predicted molar refractivity (Wildman–Crippen MR) is 201 cm³/mol. The van der Waals surface area contributed by atoms with E-state index in [2.05, 4.69) is 26.3 Å². The topological polar surface area (TPSA) is 185 Å². The monoisotopic (exact) mass is 750 g/mol. The normalized spacial score (nSPS) is 22.0. The number of hydrogen-bond donors (Lipinski definition) is 4. The van der Waals surface area contributed by atoms with Crippen LogP contribution in [-0.4, -0.2) is 98.2 Å². The van der Waals surface area contributed by atoms with Gasteiger partial charge in [-0.25, -0.2) is 14.6 Å². The number of carbonyl (C=O) groups is 5. The first-order valence-electron chi connectivity index (χ1n) is 18.6. The molecule has 1 fully saturated rings. The van der Waals surface area contributed by atoms with Crippen LogP contribution in [-0.2, 0) is 32.0 Å². The molecule has 288 valence electrons. The van der Waals surface area contributed by atoms with Crippen LogP contribution in [0.15, 0.2) is 67.0 Å². The summed E-state index contributed by atoms with van der Waals surface area (Å²) < 4.78 is 12.4. The molecule has 55 heavy (non-hydrogen) atoms. The van der Waals surface area contributed by atoms with E-state index in [0.717, 1.165) is 45.9 Å². The number of nitrogens with one attached hydrogen (secondary N) is 3. The lowest BCUT2D eigenvalue weighted by Gasteiger charge is -2.31. The lowest BCUT2D eigenvalue weighted by molar-refractivity contribution is -0.125. The van der Waals surface area contributed by atoms with Gasteiger partial charge in [0.15, 0.2) is 5.78 Å². The number of aliphatic hydroxyl groups is 1. The number of amides is 3. The molecule has 1 saturated heterocycles. The van der Waals surface area contributed by atoms with Crippen LogP contribution in [0.2, 0.25) is 0 Å². The van der Waals surface area contributed by atoms with Crippen molar-refractivity contribution >= 4 is 29.7 Å². The van der Waals surface area contributed by atoms with Crippen molar-refractivity contribution in [3.05, 3.63) is 89.6 Å². The van der Waals surface area contributed by atoms with E-state index in [-0.39, 0.29) is 43.0 Å². The van der Waals surface area contributed by atoms with E-state index in [1.165, 1.54) is 12.0 Å². The zero-order valence-electron chi connectivity index (χ0n) is 31.3. The van der Waals surface area contributed by atoms with Crippen molar-refractivity contribution in [2.75, 3.05) is 20.2 Å². The first-order valence-corrected chi connectivity index (χ1v) is 18.6. The van der Waals surface area contributed by atoms with Crippen LogP contribution in [0.1, 0.15) is 79.3 Å². The summed E-state index contributed by atoms with van der Waals surface area (Å²) in [6.45, 7) is 5.48. The second-order valence-corrected chi connectivity index (χ2v) is 15.5. The van der Waals surface area contributed by atoms with E-state index in [1.54, 1.807) is 39.1 Å². The molecule has 5 atom stereocenters. The molecule has 14 nitrogen and oxygen atoms in total. The molecule has 0 radical (unpaired) electrons. The zero-order chi connectivity index (χ0) is 39.0. The molecule has 4 aromatic rings. The molecule has 0 spiro atoms. The van der Waals surface area contributed by atoms with Crippen LogP contribution < -0.4 is 10.6 Å². The molecule has 7 rings (SSSR count). The van der Waals surface area contributed by atoms with Gasteiger partial charge in [-0.3, -0.25) is 19.3 Å². The zero-order valence-corrected chi connectivity index (χ0v) is 31.3. The number of benzene rings is 2. The molecular formula is C41H46N6O8. The minimum Gasteiger partial charge on any atom is -0.453 e. The number of aliphatic hydroxyl groups excluding tert-OH is 1. The Balaban J connectivity index is 0.967. The number of aromatic nitrogens is 3. The maximum Gasteiger partial charge on any atom is 0.411 e. The molecule has 1 aliphatic carbocycles. The van der Waals surface area contributed by atoms with Crippen LogP contribution in [0, 0.1) is 0 Å². The molecule has 4 N–H and O–H groups in total. The van der Waals surface area contributed by atoms with Crippen LogP contribution in [0.4, 0.5) is 9.59 Å². The summed E-state index contributed by atoms with van der Waals surface area (Å²) in [5.74, 6) is -0.630. The Labute approximate surface area is 318 Å². The van der Waals surface area contributed by atoms with E-state index >= 15 is 0 Å². The van der Waals surface area contributed by atoms with Crippen molar-refractivity contribution in [2.24, 2.45) is 0 Å². The number of imidazole rings is 1. The number of aromatic amines is 1. The van der Waals surface area contributed by atoms with Gasteiger partial charge in [0.1, 0.15) is 23.3 Å². The first kappa shape index (κ1) is 37.6.